The highest BCUT2D eigenvalue weighted by Crippen LogP contribution is 2.45. The minimum Gasteiger partial charge on any atom is -0.507 e. The molecule has 2 heterocycles. The number of Topliss-reactive ketones (excluding diaryl/α,β-unsaturated/α-hetero) is 1. The summed E-state index contributed by atoms with van der Waals surface area (Å²) in [7, 11) is 0. The molecule has 1 atom stereocenters. The molecular formula is C31H25NO5. The van der Waals surface area contributed by atoms with Crippen molar-refractivity contribution in [1.29, 1.82) is 0 Å². The molecule has 0 radical (unpaired) electrons. The average molecular weight is 492 g/mol. The third-order valence-electron chi connectivity index (χ3n) is 7.04. The highest BCUT2D eigenvalue weighted by molar-refractivity contribution is 6.51. The summed E-state index contributed by atoms with van der Waals surface area (Å²) in [5.41, 5.74) is 2.91. The quantitative estimate of drug-likeness (QED) is 0.205. The number of aliphatic hydroxyl groups is 1. The molecular weight excluding hydrogens is 466 g/mol. The summed E-state index contributed by atoms with van der Waals surface area (Å²) in [6.07, 6.45) is 0. The molecule has 1 fully saturated rings. The first-order valence-corrected chi connectivity index (χ1v) is 12.2. The lowest BCUT2D eigenvalue weighted by molar-refractivity contribution is -0.132. The van der Waals surface area contributed by atoms with Gasteiger partial charge in [-0.15, -0.1) is 0 Å². The van der Waals surface area contributed by atoms with E-state index < -0.39 is 17.7 Å². The maximum absolute atomic E-state index is 13.6. The van der Waals surface area contributed by atoms with Crippen molar-refractivity contribution in [1.82, 2.24) is 0 Å². The van der Waals surface area contributed by atoms with Gasteiger partial charge in [0.2, 0.25) is 6.79 Å². The van der Waals surface area contributed by atoms with Gasteiger partial charge < -0.3 is 14.6 Å². The fraction of sp³-hybridized carbons (Fsp3) is 0.161. The van der Waals surface area contributed by atoms with Gasteiger partial charge in [-0.05, 0) is 39.9 Å². The Bertz CT molecular complexity index is 1580. The Morgan fingerprint density at radius 2 is 1.62 bits per heavy atom. The Morgan fingerprint density at radius 3 is 2.41 bits per heavy atom. The van der Waals surface area contributed by atoms with Gasteiger partial charge in [0.25, 0.3) is 11.7 Å². The number of anilines is 1. The third-order valence-corrected chi connectivity index (χ3v) is 7.04. The molecule has 0 aliphatic carbocycles. The van der Waals surface area contributed by atoms with Gasteiger partial charge in [0.15, 0.2) is 11.5 Å². The number of ether oxygens (including phenoxy) is 2. The fourth-order valence-electron chi connectivity index (χ4n) is 5.09. The predicted octanol–water partition coefficient (Wildman–Crippen LogP) is 6.32. The second kappa shape index (κ2) is 8.82. The Labute approximate surface area is 214 Å². The molecule has 0 spiro atoms. The Morgan fingerprint density at radius 1 is 0.892 bits per heavy atom. The lowest BCUT2D eigenvalue weighted by atomic mass is 9.92. The summed E-state index contributed by atoms with van der Waals surface area (Å²) in [6.45, 7) is 4.31. The molecule has 1 N–H and O–H groups in total. The minimum absolute atomic E-state index is 0.0521. The molecule has 2 aliphatic rings. The molecule has 6 heteroatoms. The molecule has 1 saturated heterocycles. The molecule has 1 amide bonds. The van der Waals surface area contributed by atoms with Crippen LogP contribution in [0.5, 0.6) is 11.5 Å². The molecule has 6 rings (SSSR count). The van der Waals surface area contributed by atoms with Crippen molar-refractivity contribution in [3.63, 3.8) is 0 Å². The largest absolute Gasteiger partial charge is 0.507 e. The molecule has 184 valence electrons. The Hall–Kier alpha value is -4.58. The number of carbonyl (C=O) groups is 2. The van der Waals surface area contributed by atoms with Crippen LogP contribution in [0, 0.1) is 0 Å². The first-order chi connectivity index (χ1) is 17.9. The molecule has 0 saturated carbocycles. The number of amides is 1. The van der Waals surface area contributed by atoms with Crippen LogP contribution in [0.4, 0.5) is 5.69 Å². The van der Waals surface area contributed by atoms with Crippen LogP contribution < -0.4 is 14.4 Å². The predicted molar refractivity (Wildman–Crippen MR) is 142 cm³/mol. The summed E-state index contributed by atoms with van der Waals surface area (Å²) in [5, 5.41) is 13.4. The van der Waals surface area contributed by atoms with Gasteiger partial charge >= 0.3 is 0 Å². The standard InChI is InChI=1S/C31H25NO5/c1-18(2)19-10-12-21(13-11-19)28-27(29(33)24-9-5-7-20-6-3-4-8-23(20)24)30(34)31(35)32(28)22-14-15-25-26(16-22)37-17-36-25/h3-16,18,28,33H,17H2,1-2H3/b29-27-. The Balaban J connectivity index is 1.57. The van der Waals surface area contributed by atoms with E-state index in [9.17, 15) is 14.7 Å². The summed E-state index contributed by atoms with van der Waals surface area (Å²) < 4.78 is 11.0. The first kappa shape index (κ1) is 22.9. The van der Waals surface area contributed by atoms with E-state index in [1.807, 2.05) is 60.7 Å². The van der Waals surface area contributed by atoms with E-state index >= 15 is 0 Å². The van der Waals surface area contributed by atoms with E-state index in [1.165, 1.54) is 4.90 Å². The van der Waals surface area contributed by atoms with Crippen molar-refractivity contribution in [2.45, 2.75) is 25.8 Å². The summed E-state index contributed by atoms with van der Waals surface area (Å²) in [6, 6.07) is 25.3. The zero-order valence-corrected chi connectivity index (χ0v) is 20.5. The molecule has 0 aromatic heterocycles. The van der Waals surface area contributed by atoms with E-state index in [1.54, 1.807) is 24.3 Å². The molecule has 4 aromatic rings. The number of carbonyl (C=O) groups excluding carboxylic acids is 2. The smallest absolute Gasteiger partial charge is 0.300 e. The first-order valence-electron chi connectivity index (χ1n) is 12.2. The number of fused-ring (bicyclic) bond motifs is 2. The van der Waals surface area contributed by atoms with Crippen LogP contribution in [0.15, 0.2) is 90.5 Å². The molecule has 37 heavy (non-hydrogen) atoms. The van der Waals surface area contributed by atoms with Crippen molar-refractivity contribution in [2.24, 2.45) is 0 Å². The normalized spacial score (nSPS) is 18.2. The Kier molecular flexibility index (Phi) is 5.45. The van der Waals surface area contributed by atoms with Crippen LogP contribution in [0.1, 0.15) is 42.5 Å². The maximum Gasteiger partial charge on any atom is 0.300 e. The van der Waals surface area contributed by atoms with Crippen molar-refractivity contribution in [3.8, 4) is 11.5 Å². The van der Waals surface area contributed by atoms with Gasteiger partial charge in [-0.25, -0.2) is 0 Å². The minimum atomic E-state index is -0.819. The topological polar surface area (TPSA) is 76.1 Å². The third kappa shape index (κ3) is 3.73. The highest BCUT2D eigenvalue weighted by atomic mass is 16.7. The van der Waals surface area contributed by atoms with Crippen molar-refractivity contribution >= 4 is 33.9 Å². The number of hydrogen-bond acceptors (Lipinski definition) is 5. The highest BCUT2D eigenvalue weighted by Gasteiger charge is 2.47. The van der Waals surface area contributed by atoms with E-state index in [4.69, 9.17) is 9.47 Å². The number of benzene rings is 4. The van der Waals surface area contributed by atoms with Gasteiger partial charge in [0.05, 0.1) is 11.6 Å². The monoisotopic (exact) mass is 491 g/mol. The van der Waals surface area contributed by atoms with Crippen molar-refractivity contribution in [2.75, 3.05) is 11.7 Å². The van der Waals surface area contributed by atoms with Crippen LogP contribution in [0.3, 0.4) is 0 Å². The number of nitrogens with zero attached hydrogens (tertiary/aromatic N) is 1. The summed E-state index contributed by atoms with van der Waals surface area (Å²) in [5.74, 6) is -0.239. The van der Waals surface area contributed by atoms with E-state index in [-0.39, 0.29) is 18.1 Å². The molecule has 0 bridgehead atoms. The average Bonchev–Trinajstić information content (AvgIpc) is 3.49. The summed E-state index contributed by atoms with van der Waals surface area (Å²) in [4.78, 5) is 28.5. The van der Waals surface area contributed by atoms with Gasteiger partial charge in [0.1, 0.15) is 5.76 Å². The maximum atomic E-state index is 13.6. The van der Waals surface area contributed by atoms with Crippen LogP contribution in [-0.4, -0.2) is 23.6 Å². The number of ketones is 1. The zero-order chi connectivity index (χ0) is 25.7. The lowest BCUT2D eigenvalue weighted by Crippen LogP contribution is -2.29. The van der Waals surface area contributed by atoms with Crippen LogP contribution in [-0.2, 0) is 9.59 Å². The zero-order valence-electron chi connectivity index (χ0n) is 20.5. The van der Waals surface area contributed by atoms with Gasteiger partial charge in [-0.1, -0.05) is 80.6 Å². The van der Waals surface area contributed by atoms with E-state index in [0.717, 1.165) is 21.9 Å². The molecule has 6 nitrogen and oxygen atoms in total. The molecule has 2 aliphatic heterocycles. The summed E-state index contributed by atoms with van der Waals surface area (Å²) >= 11 is 0. The molecule has 1 unspecified atom stereocenters. The van der Waals surface area contributed by atoms with Crippen LogP contribution >= 0.6 is 0 Å². The van der Waals surface area contributed by atoms with Gasteiger partial charge in [-0.2, -0.15) is 0 Å². The van der Waals surface area contributed by atoms with Crippen LogP contribution in [0.25, 0.3) is 16.5 Å². The van der Waals surface area contributed by atoms with Crippen molar-refractivity contribution in [3.05, 3.63) is 107 Å². The lowest BCUT2D eigenvalue weighted by Gasteiger charge is -2.26. The fourth-order valence-corrected chi connectivity index (χ4v) is 5.09. The van der Waals surface area contributed by atoms with Crippen molar-refractivity contribution < 1.29 is 24.2 Å². The van der Waals surface area contributed by atoms with Crippen LogP contribution in [0.2, 0.25) is 0 Å². The van der Waals surface area contributed by atoms with E-state index in [0.29, 0.717) is 28.7 Å². The number of rotatable bonds is 4. The van der Waals surface area contributed by atoms with E-state index in [2.05, 4.69) is 13.8 Å². The second-order valence-electron chi connectivity index (χ2n) is 9.55. The van der Waals surface area contributed by atoms with Gasteiger partial charge in [-0.3, -0.25) is 14.5 Å². The number of aliphatic hydroxyl groups excluding tert-OH is 1. The number of hydrogen-bond donors (Lipinski definition) is 1. The second-order valence-corrected chi connectivity index (χ2v) is 9.55. The SMILES string of the molecule is CC(C)c1ccc(C2/C(=C(/O)c3cccc4ccccc34)C(=O)C(=O)N2c2ccc3c(c2)OCO3)cc1. The van der Waals surface area contributed by atoms with Gasteiger partial charge in [0, 0.05) is 17.3 Å². The molecule has 4 aromatic carbocycles.